The van der Waals surface area contributed by atoms with Gasteiger partial charge in [0.25, 0.3) is 5.79 Å². The zero-order valence-corrected chi connectivity index (χ0v) is 13.7. The van der Waals surface area contributed by atoms with Gasteiger partial charge in [0.15, 0.2) is 11.4 Å². The predicted molar refractivity (Wildman–Crippen MR) is 85.5 cm³/mol. The zero-order chi connectivity index (χ0) is 17.3. The van der Waals surface area contributed by atoms with Gasteiger partial charge >= 0.3 is 11.9 Å². The molecular formula is C16H20N4O4. The van der Waals surface area contributed by atoms with Crippen LogP contribution in [0.2, 0.25) is 0 Å². The van der Waals surface area contributed by atoms with Gasteiger partial charge in [0, 0.05) is 26.9 Å². The van der Waals surface area contributed by atoms with E-state index in [2.05, 4.69) is 15.1 Å². The summed E-state index contributed by atoms with van der Waals surface area (Å²) in [6.07, 6.45) is 3.48. The van der Waals surface area contributed by atoms with Gasteiger partial charge in [-0.25, -0.2) is 9.59 Å². The van der Waals surface area contributed by atoms with Gasteiger partial charge in [0.05, 0.1) is 5.70 Å². The third kappa shape index (κ3) is 3.17. The van der Waals surface area contributed by atoms with Gasteiger partial charge in [-0.15, -0.1) is 10.2 Å². The van der Waals surface area contributed by atoms with Crippen molar-refractivity contribution in [2.75, 3.05) is 18.0 Å². The predicted octanol–water partition coefficient (Wildman–Crippen LogP) is 0.973. The largest absolute Gasteiger partial charge is 0.419 e. The van der Waals surface area contributed by atoms with Crippen molar-refractivity contribution in [2.45, 2.75) is 38.9 Å². The quantitative estimate of drug-likeness (QED) is 0.485. The first-order valence-corrected chi connectivity index (χ1v) is 7.93. The van der Waals surface area contributed by atoms with E-state index in [4.69, 9.17) is 15.2 Å². The summed E-state index contributed by atoms with van der Waals surface area (Å²) >= 11 is 0. The molecule has 2 aliphatic heterocycles. The first-order valence-electron chi connectivity index (χ1n) is 7.93. The summed E-state index contributed by atoms with van der Waals surface area (Å²) in [5.74, 6) is -2.20. The molecule has 3 heterocycles. The number of nitrogens with zero attached hydrogens (tertiary/aromatic N) is 3. The number of esters is 2. The molecule has 2 N–H and O–H groups in total. The summed E-state index contributed by atoms with van der Waals surface area (Å²) in [6.45, 7) is 4.84. The average Bonchev–Trinajstić information content (AvgIpc) is 2.54. The Bertz CT molecular complexity index is 669. The molecule has 0 radical (unpaired) electrons. The Kier molecular flexibility index (Phi) is 4.13. The molecule has 0 aromatic carbocycles. The van der Waals surface area contributed by atoms with Crippen molar-refractivity contribution in [3.63, 3.8) is 0 Å². The Morgan fingerprint density at radius 1 is 1.08 bits per heavy atom. The van der Waals surface area contributed by atoms with Gasteiger partial charge in [0.2, 0.25) is 0 Å². The van der Waals surface area contributed by atoms with E-state index in [9.17, 15) is 9.59 Å². The van der Waals surface area contributed by atoms with Crippen molar-refractivity contribution in [1.29, 1.82) is 0 Å². The number of ether oxygens (including phenoxy) is 2. The molecule has 2 aliphatic rings. The normalized spacial score (nSPS) is 20.4. The molecular weight excluding hydrogens is 312 g/mol. The molecule has 2 saturated heterocycles. The van der Waals surface area contributed by atoms with E-state index < -0.39 is 17.7 Å². The van der Waals surface area contributed by atoms with Crippen LogP contribution in [0.3, 0.4) is 0 Å². The number of hydrogen-bond donors (Lipinski definition) is 1. The number of carbonyl (C=O) groups excluding carboxylic acids is 2. The van der Waals surface area contributed by atoms with Crippen molar-refractivity contribution < 1.29 is 19.1 Å². The number of rotatable bonds is 2. The van der Waals surface area contributed by atoms with E-state index in [1.165, 1.54) is 20.3 Å². The standard InChI is InChI=1S/C16H20N4O4/c1-16(2)23-14(21)12(15(22)24-16)13(17)10-6-7-11(19-18-10)20-8-4-3-5-9-20/h6-7H,3-5,8-9,17H2,1-2H3. The number of nitrogens with two attached hydrogens (primary N) is 1. The highest BCUT2D eigenvalue weighted by Gasteiger charge is 2.41. The molecule has 8 nitrogen and oxygen atoms in total. The Labute approximate surface area is 139 Å². The van der Waals surface area contributed by atoms with Crippen molar-refractivity contribution in [3.05, 3.63) is 23.4 Å². The number of piperidine rings is 1. The molecule has 8 heteroatoms. The van der Waals surface area contributed by atoms with Crippen LogP contribution < -0.4 is 10.6 Å². The summed E-state index contributed by atoms with van der Waals surface area (Å²) in [4.78, 5) is 26.2. The summed E-state index contributed by atoms with van der Waals surface area (Å²) in [7, 11) is 0. The lowest BCUT2D eigenvalue weighted by Crippen LogP contribution is -2.42. The molecule has 2 fully saturated rings. The van der Waals surface area contributed by atoms with Crippen LogP contribution in [-0.2, 0) is 19.1 Å². The van der Waals surface area contributed by atoms with E-state index in [0.29, 0.717) is 0 Å². The third-order valence-electron chi connectivity index (χ3n) is 3.96. The highest BCUT2D eigenvalue weighted by Crippen LogP contribution is 2.26. The van der Waals surface area contributed by atoms with Crippen molar-refractivity contribution in [1.82, 2.24) is 10.2 Å². The number of aromatic nitrogens is 2. The SMILES string of the molecule is CC1(C)OC(=O)C(=C(N)c2ccc(N3CCCCC3)nn2)C(=O)O1. The monoisotopic (exact) mass is 332 g/mol. The maximum Gasteiger partial charge on any atom is 0.351 e. The first kappa shape index (κ1) is 16.2. The van der Waals surface area contributed by atoms with Crippen LogP contribution in [0.4, 0.5) is 5.82 Å². The summed E-state index contributed by atoms with van der Waals surface area (Å²) < 4.78 is 10.1. The van der Waals surface area contributed by atoms with Gasteiger partial charge in [-0.05, 0) is 31.4 Å². The molecule has 0 spiro atoms. The molecule has 3 rings (SSSR count). The van der Waals surface area contributed by atoms with E-state index in [1.54, 1.807) is 12.1 Å². The lowest BCUT2D eigenvalue weighted by atomic mass is 10.1. The first-order chi connectivity index (χ1) is 11.4. The van der Waals surface area contributed by atoms with Gasteiger partial charge in [-0.3, -0.25) is 0 Å². The fraction of sp³-hybridized carbons (Fsp3) is 0.500. The van der Waals surface area contributed by atoms with Crippen LogP contribution in [0.15, 0.2) is 17.7 Å². The van der Waals surface area contributed by atoms with Crippen molar-refractivity contribution >= 4 is 23.5 Å². The molecule has 0 aliphatic carbocycles. The molecule has 0 amide bonds. The third-order valence-corrected chi connectivity index (χ3v) is 3.96. The minimum Gasteiger partial charge on any atom is -0.419 e. The molecule has 128 valence electrons. The lowest BCUT2D eigenvalue weighted by Gasteiger charge is -2.30. The average molecular weight is 332 g/mol. The highest BCUT2D eigenvalue weighted by molar-refractivity contribution is 6.20. The fourth-order valence-corrected chi connectivity index (χ4v) is 2.76. The van der Waals surface area contributed by atoms with Crippen molar-refractivity contribution in [2.24, 2.45) is 5.73 Å². The maximum absolute atomic E-state index is 12.0. The highest BCUT2D eigenvalue weighted by atomic mass is 16.7. The summed E-state index contributed by atoms with van der Waals surface area (Å²) in [5.41, 5.74) is 5.71. The molecule has 0 atom stereocenters. The molecule has 1 aromatic heterocycles. The molecule has 1 aromatic rings. The number of anilines is 1. The van der Waals surface area contributed by atoms with E-state index in [0.717, 1.165) is 31.7 Å². The molecule has 0 unspecified atom stereocenters. The topological polar surface area (TPSA) is 108 Å². The van der Waals surface area contributed by atoms with Gasteiger partial charge < -0.3 is 20.1 Å². The Morgan fingerprint density at radius 2 is 1.71 bits per heavy atom. The lowest BCUT2D eigenvalue weighted by molar-refractivity contribution is -0.222. The molecule has 24 heavy (non-hydrogen) atoms. The number of carbonyl (C=O) groups is 2. The van der Waals surface area contributed by atoms with Crippen LogP contribution in [0.1, 0.15) is 38.8 Å². The van der Waals surface area contributed by atoms with Crippen LogP contribution in [-0.4, -0.2) is 41.0 Å². The minimum atomic E-state index is -1.30. The molecule has 0 bridgehead atoms. The molecule has 0 saturated carbocycles. The smallest absolute Gasteiger partial charge is 0.351 e. The van der Waals surface area contributed by atoms with E-state index in [-0.39, 0.29) is 17.0 Å². The zero-order valence-electron chi connectivity index (χ0n) is 13.7. The van der Waals surface area contributed by atoms with Gasteiger partial charge in [0.1, 0.15) is 5.69 Å². The van der Waals surface area contributed by atoms with Crippen LogP contribution in [0.25, 0.3) is 5.70 Å². The van der Waals surface area contributed by atoms with Crippen LogP contribution >= 0.6 is 0 Å². The number of hydrogen-bond acceptors (Lipinski definition) is 8. The summed E-state index contributed by atoms with van der Waals surface area (Å²) in [6, 6.07) is 3.42. The Hall–Kier alpha value is -2.64. The van der Waals surface area contributed by atoms with E-state index in [1.807, 2.05) is 0 Å². The Balaban J connectivity index is 1.85. The second-order valence-electron chi connectivity index (χ2n) is 6.29. The maximum atomic E-state index is 12.0. The van der Waals surface area contributed by atoms with E-state index >= 15 is 0 Å². The Morgan fingerprint density at radius 3 is 2.25 bits per heavy atom. The van der Waals surface area contributed by atoms with Crippen LogP contribution in [0.5, 0.6) is 0 Å². The fourth-order valence-electron chi connectivity index (χ4n) is 2.76. The second-order valence-corrected chi connectivity index (χ2v) is 6.29. The van der Waals surface area contributed by atoms with Gasteiger partial charge in [-0.2, -0.15) is 0 Å². The summed E-state index contributed by atoms with van der Waals surface area (Å²) in [5, 5.41) is 8.20. The van der Waals surface area contributed by atoms with Crippen molar-refractivity contribution in [3.8, 4) is 0 Å². The minimum absolute atomic E-state index is 0.0989. The van der Waals surface area contributed by atoms with Gasteiger partial charge in [-0.1, -0.05) is 0 Å². The second kappa shape index (κ2) is 6.10. The number of cyclic esters (lactones) is 2. The van der Waals surface area contributed by atoms with Crippen LogP contribution in [0, 0.1) is 0 Å².